The van der Waals surface area contributed by atoms with Gasteiger partial charge in [0.25, 0.3) is 0 Å². The Morgan fingerprint density at radius 2 is 2.08 bits per heavy atom. The van der Waals surface area contributed by atoms with Crippen LogP contribution in [0.25, 0.3) is 0 Å². The Labute approximate surface area is 145 Å². The van der Waals surface area contributed by atoms with Gasteiger partial charge in [0.1, 0.15) is 0 Å². The lowest BCUT2D eigenvalue weighted by atomic mass is 9.90. The van der Waals surface area contributed by atoms with Crippen LogP contribution >= 0.6 is 0 Å². The molecule has 2 heterocycles. The van der Waals surface area contributed by atoms with E-state index in [4.69, 9.17) is 9.47 Å². The molecule has 4 nitrogen and oxygen atoms in total. The zero-order chi connectivity index (χ0) is 16.8. The molecule has 1 amide bonds. The van der Waals surface area contributed by atoms with Crippen LogP contribution in [-0.4, -0.2) is 43.3 Å². The predicted molar refractivity (Wildman–Crippen MR) is 93.9 cm³/mol. The largest absolute Gasteiger partial charge is 0.381 e. The van der Waals surface area contributed by atoms with Crippen LogP contribution < -0.4 is 0 Å². The van der Waals surface area contributed by atoms with Gasteiger partial charge in [-0.1, -0.05) is 37.6 Å². The first-order chi connectivity index (χ1) is 11.8. The van der Waals surface area contributed by atoms with Gasteiger partial charge in [0.15, 0.2) is 0 Å². The minimum absolute atomic E-state index is 0.231. The molecule has 132 valence electrons. The van der Waals surface area contributed by atoms with Gasteiger partial charge in [-0.2, -0.15) is 0 Å². The lowest BCUT2D eigenvalue weighted by molar-refractivity contribution is -0.136. The second-order valence-electron chi connectivity index (χ2n) is 6.77. The lowest BCUT2D eigenvalue weighted by Gasteiger charge is -2.37. The number of hydrogen-bond donors (Lipinski definition) is 0. The van der Waals surface area contributed by atoms with E-state index < -0.39 is 0 Å². The topological polar surface area (TPSA) is 38.8 Å². The van der Waals surface area contributed by atoms with E-state index in [0.29, 0.717) is 13.0 Å². The third kappa shape index (κ3) is 4.17. The van der Waals surface area contributed by atoms with Gasteiger partial charge in [-0.3, -0.25) is 4.79 Å². The summed E-state index contributed by atoms with van der Waals surface area (Å²) in [6.45, 7) is 5.10. The van der Waals surface area contributed by atoms with Crippen LogP contribution in [0.4, 0.5) is 0 Å². The van der Waals surface area contributed by atoms with Crippen molar-refractivity contribution in [2.24, 2.45) is 0 Å². The third-order valence-electron chi connectivity index (χ3n) is 5.13. The maximum absolute atomic E-state index is 12.8. The highest BCUT2D eigenvalue weighted by molar-refractivity contribution is 5.77. The summed E-state index contributed by atoms with van der Waals surface area (Å²) >= 11 is 0. The highest BCUT2D eigenvalue weighted by Gasteiger charge is 2.29. The molecule has 4 heteroatoms. The van der Waals surface area contributed by atoms with E-state index in [9.17, 15) is 4.79 Å². The summed E-state index contributed by atoms with van der Waals surface area (Å²) in [5, 5.41) is 0. The summed E-state index contributed by atoms with van der Waals surface area (Å²) in [7, 11) is 0. The molecule has 0 radical (unpaired) electrons. The third-order valence-corrected chi connectivity index (χ3v) is 5.13. The average Bonchev–Trinajstić information content (AvgIpc) is 2.63. The zero-order valence-electron chi connectivity index (χ0n) is 14.7. The van der Waals surface area contributed by atoms with E-state index in [-0.39, 0.29) is 18.1 Å². The van der Waals surface area contributed by atoms with Crippen LogP contribution in [-0.2, 0) is 20.7 Å². The second-order valence-corrected chi connectivity index (χ2v) is 6.77. The Morgan fingerprint density at radius 3 is 2.88 bits per heavy atom. The SMILES string of the molecule is CCC[C@@H]1c2ccccc2CCN1C(=O)CCOC1CCOCC1. The van der Waals surface area contributed by atoms with Crippen molar-refractivity contribution in [2.45, 2.75) is 57.6 Å². The second kappa shape index (κ2) is 8.63. The fraction of sp³-hybridized carbons (Fsp3) is 0.650. The molecule has 0 unspecified atom stereocenters. The lowest BCUT2D eigenvalue weighted by Crippen LogP contribution is -2.40. The van der Waals surface area contributed by atoms with Crippen LogP contribution in [0.3, 0.4) is 0 Å². The number of carbonyl (C=O) groups is 1. The highest BCUT2D eigenvalue weighted by Crippen LogP contribution is 2.33. The summed E-state index contributed by atoms with van der Waals surface area (Å²) in [5.74, 6) is 0.231. The standard InChI is InChI=1S/C20H29NO3/c1-2-5-19-18-7-4-3-6-16(18)8-12-21(19)20(22)11-15-24-17-9-13-23-14-10-17/h3-4,6-7,17,19H,2,5,8-15H2,1H3/t19-/m1/s1. The van der Waals surface area contributed by atoms with Crippen molar-refractivity contribution in [1.29, 1.82) is 0 Å². The Hall–Kier alpha value is -1.39. The van der Waals surface area contributed by atoms with E-state index in [1.165, 1.54) is 11.1 Å². The molecule has 1 fully saturated rings. The number of amides is 1. The van der Waals surface area contributed by atoms with E-state index >= 15 is 0 Å². The van der Waals surface area contributed by atoms with Crippen LogP contribution in [0, 0.1) is 0 Å². The van der Waals surface area contributed by atoms with Gasteiger partial charge in [0.2, 0.25) is 5.91 Å². The first kappa shape index (κ1) is 17.4. The fourth-order valence-electron chi connectivity index (χ4n) is 3.83. The summed E-state index contributed by atoms with van der Waals surface area (Å²) in [4.78, 5) is 14.8. The Kier molecular flexibility index (Phi) is 6.27. The van der Waals surface area contributed by atoms with E-state index in [1.807, 2.05) is 0 Å². The number of rotatable bonds is 6. The average molecular weight is 331 g/mol. The molecule has 3 rings (SSSR count). The van der Waals surface area contributed by atoms with Gasteiger partial charge in [-0.15, -0.1) is 0 Å². The van der Waals surface area contributed by atoms with Crippen LogP contribution in [0.5, 0.6) is 0 Å². The molecular formula is C20H29NO3. The van der Waals surface area contributed by atoms with Gasteiger partial charge in [0.05, 0.1) is 25.2 Å². The van der Waals surface area contributed by atoms with Gasteiger partial charge < -0.3 is 14.4 Å². The quantitative estimate of drug-likeness (QED) is 0.801. The van der Waals surface area contributed by atoms with Gasteiger partial charge >= 0.3 is 0 Å². The van der Waals surface area contributed by atoms with Crippen molar-refractivity contribution in [3.8, 4) is 0 Å². The number of benzene rings is 1. The molecule has 0 aromatic heterocycles. The number of hydrogen-bond acceptors (Lipinski definition) is 3. The number of ether oxygens (including phenoxy) is 2. The smallest absolute Gasteiger partial charge is 0.225 e. The maximum atomic E-state index is 12.8. The fourth-order valence-corrected chi connectivity index (χ4v) is 3.83. The molecule has 0 aliphatic carbocycles. The Balaban J connectivity index is 1.57. The first-order valence-electron chi connectivity index (χ1n) is 9.36. The monoisotopic (exact) mass is 331 g/mol. The molecular weight excluding hydrogens is 302 g/mol. The Morgan fingerprint density at radius 1 is 1.29 bits per heavy atom. The summed E-state index contributed by atoms with van der Waals surface area (Å²) in [6, 6.07) is 8.81. The molecule has 1 aromatic rings. The number of nitrogens with zero attached hydrogens (tertiary/aromatic N) is 1. The van der Waals surface area contributed by atoms with Crippen molar-refractivity contribution in [2.75, 3.05) is 26.4 Å². The van der Waals surface area contributed by atoms with Gasteiger partial charge in [-0.05, 0) is 36.8 Å². The molecule has 0 bridgehead atoms. The van der Waals surface area contributed by atoms with Crippen LogP contribution in [0.2, 0.25) is 0 Å². The minimum Gasteiger partial charge on any atom is -0.381 e. The van der Waals surface area contributed by atoms with E-state index in [0.717, 1.165) is 51.9 Å². The van der Waals surface area contributed by atoms with Crippen molar-refractivity contribution >= 4 is 5.91 Å². The van der Waals surface area contributed by atoms with Crippen molar-refractivity contribution < 1.29 is 14.3 Å². The van der Waals surface area contributed by atoms with Crippen molar-refractivity contribution in [3.63, 3.8) is 0 Å². The molecule has 0 N–H and O–H groups in total. The normalized spacial score (nSPS) is 21.5. The molecule has 1 saturated heterocycles. The summed E-state index contributed by atoms with van der Waals surface area (Å²) in [6.07, 6.45) is 5.72. The highest BCUT2D eigenvalue weighted by atomic mass is 16.5. The molecule has 0 spiro atoms. The predicted octanol–water partition coefficient (Wildman–Crippen LogP) is 3.50. The molecule has 2 aliphatic rings. The zero-order valence-corrected chi connectivity index (χ0v) is 14.7. The molecule has 2 aliphatic heterocycles. The molecule has 1 aromatic carbocycles. The first-order valence-corrected chi connectivity index (χ1v) is 9.36. The Bertz CT molecular complexity index is 539. The summed E-state index contributed by atoms with van der Waals surface area (Å²) in [5.41, 5.74) is 2.74. The minimum atomic E-state index is 0.231. The molecule has 24 heavy (non-hydrogen) atoms. The molecule has 1 atom stereocenters. The van der Waals surface area contributed by atoms with Crippen LogP contribution in [0.15, 0.2) is 24.3 Å². The van der Waals surface area contributed by atoms with Crippen LogP contribution in [0.1, 0.15) is 56.2 Å². The number of fused-ring (bicyclic) bond motifs is 1. The van der Waals surface area contributed by atoms with Gasteiger partial charge in [-0.25, -0.2) is 0 Å². The van der Waals surface area contributed by atoms with E-state index in [1.54, 1.807) is 0 Å². The maximum Gasteiger partial charge on any atom is 0.225 e. The van der Waals surface area contributed by atoms with Crippen molar-refractivity contribution in [3.05, 3.63) is 35.4 Å². The molecule has 0 saturated carbocycles. The van der Waals surface area contributed by atoms with Crippen molar-refractivity contribution in [1.82, 2.24) is 4.90 Å². The van der Waals surface area contributed by atoms with Gasteiger partial charge in [0, 0.05) is 19.8 Å². The number of carbonyl (C=O) groups excluding carboxylic acids is 1. The van der Waals surface area contributed by atoms with E-state index in [2.05, 4.69) is 36.1 Å². The summed E-state index contributed by atoms with van der Waals surface area (Å²) < 4.78 is 11.2.